The smallest absolute Gasteiger partial charge is 0.233 e. The molecule has 0 N–H and O–H groups in total. The Balaban J connectivity index is 1.76. The highest BCUT2D eigenvalue weighted by Gasteiger charge is 2.26. The second-order valence-corrected chi connectivity index (χ2v) is 8.38. The number of thioether (sulfide) groups is 1. The number of likely N-dealkylation sites (tertiary alicyclic amines) is 1. The molecule has 1 aromatic carbocycles. The van der Waals surface area contributed by atoms with E-state index in [9.17, 15) is 4.79 Å². The van der Waals surface area contributed by atoms with Gasteiger partial charge in [-0.1, -0.05) is 43.8 Å². The van der Waals surface area contributed by atoms with Crippen LogP contribution in [0, 0.1) is 11.8 Å². The Morgan fingerprint density at radius 3 is 2.68 bits per heavy atom. The highest BCUT2D eigenvalue weighted by Crippen LogP contribution is 2.31. The van der Waals surface area contributed by atoms with Gasteiger partial charge in [0.25, 0.3) is 0 Å². The maximum Gasteiger partial charge on any atom is 0.233 e. The van der Waals surface area contributed by atoms with Crippen molar-refractivity contribution in [1.29, 1.82) is 0 Å². The van der Waals surface area contributed by atoms with E-state index in [1.807, 2.05) is 39.8 Å². The van der Waals surface area contributed by atoms with Gasteiger partial charge in [0.2, 0.25) is 5.91 Å². The summed E-state index contributed by atoms with van der Waals surface area (Å²) < 4.78 is 7.44. The second kappa shape index (κ2) is 9.28. The first-order valence-corrected chi connectivity index (χ1v) is 10.6. The van der Waals surface area contributed by atoms with Gasteiger partial charge >= 0.3 is 0 Å². The third kappa shape index (κ3) is 4.58. The van der Waals surface area contributed by atoms with E-state index in [0.29, 0.717) is 35.1 Å². The van der Waals surface area contributed by atoms with Crippen molar-refractivity contribution in [3.63, 3.8) is 0 Å². The monoisotopic (exact) mass is 400 g/mol. The number of methoxy groups -OCH3 is 1. The van der Waals surface area contributed by atoms with Crippen LogP contribution < -0.4 is 4.74 Å². The number of rotatable bonds is 7. The summed E-state index contributed by atoms with van der Waals surface area (Å²) in [6.07, 6.45) is 3.00. The molecule has 2 unspecified atom stereocenters. The largest absolute Gasteiger partial charge is 0.496 e. The number of para-hydroxylation sites is 1. The number of amides is 1. The number of carbonyl (C=O) groups is 1. The van der Waals surface area contributed by atoms with Crippen molar-refractivity contribution in [2.24, 2.45) is 11.8 Å². The lowest BCUT2D eigenvalue weighted by Crippen LogP contribution is -2.43. The van der Waals surface area contributed by atoms with Crippen molar-refractivity contribution in [3.8, 4) is 17.1 Å². The molecular weight excluding hydrogens is 372 g/mol. The normalized spacial score (nSPS) is 19.5. The van der Waals surface area contributed by atoms with E-state index in [1.54, 1.807) is 7.11 Å². The van der Waals surface area contributed by atoms with Crippen LogP contribution in [0.4, 0.5) is 0 Å². The molecule has 1 aliphatic rings. The van der Waals surface area contributed by atoms with Gasteiger partial charge in [0.15, 0.2) is 11.0 Å². The predicted octanol–water partition coefficient (Wildman–Crippen LogP) is 3.74. The summed E-state index contributed by atoms with van der Waals surface area (Å²) in [4.78, 5) is 14.7. The topological polar surface area (TPSA) is 60.2 Å². The first kappa shape index (κ1) is 20.5. The summed E-state index contributed by atoms with van der Waals surface area (Å²) in [5, 5.41) is 9.42. The van der Waals surface area contributed by atoms with Crippen molar-refractivity contribution in [1.82, 2.24) is 19.7 Å². The van der Waals surface area contributed by atoms with Crippen molar-refractivity contribution in [2.45, 2.75) is 32.0 Å². The fraction of sp³-hybridized carbons (Fsp3) is 0.476. The number of benzene rings is 1. The van der Waals surface area contributed by atoms with Crippen molar-refractivity contribution in [2.75, 3.05) is 26.0 Å². The third-order valence-electron chi connectivity index (χ3n) is 4.92. The molecule has 1 aromatic heterocycles. The molecule has 3 rings (SSSR count). The molecule has 0 bridgehead atoms. The molecule has 150 valence electrons. The minimum Gasteiger partial charge on any atom is -0.496 e. The molecule has 0 saturated carbocycles. The number of ether oxygens (including phenoxy) is 1. The zero-order chi connectivity index (χ0) is 20.1. The lowest BCUT2D eigenvalue weighted by molar-refractivity contribution is -0.130. The van der Waals surface area contributed by atoms with Crippen LogP contribution in [0.1, 0.15) is 20.3 Å². The lowest BCUT2D eigenvalue weighted by Gasteiger charge is -2.34. The quantitative estimate of drug-likeness (QED) is 0.523. The van der Waals surface area contributed by atoms with Crippen LogP contribution in [0.2, 0.25) is 0 Å². The van der Waals surface area contributed by atoms with Crippen LogP contribution in [0.15, 0.2) is 42.1 Å². The molecule has 7 heteroatoms. The number of allylic oxidation sites excluding steroid dienone is 1. The number of carbonyl (C=O) groups excluding carboxylic acids is 1. The molecule has 0 aliphatic carbocycles. The molecule has 1 fully saturated rings. The summed E-state index contributed by atoms with van der Waals surface area (Å²) >= 11 is 1.43. The van der Waals surface area contributed by atoms with Crippen LogP contribution in [-0.2, 0) is 11.3 Å². The van der Waals surface area contributed by atoms with E-state index in [4.69, 9.17) is 4.74 Å². The van der Waals surface area contributed by atoms with Crippen LogP contribution in [0.3, 0.4) is 0 Å². The SMILES string of the molecule is C=CCn1c(SCC(=O)N2CC(C)CC(C)C2)nnc1-c1ccccc1OC. The van der Waals surface area contributed by atoms with Crippen molar-refractivity contribution in [3.05, 3.63) is 36.9 Å². The Morgan fingerprint density at radius 1 is 1.29 bits per heavy atom. The first-order valence-electron chi connectivity index (χ1n) is 9.61. The van der Waals surface area contributed by atoms with E-state index >= 15 is 0 Å². The summed E-state index contributed by atoms with van der Waals surface area (Å²) in [6, 6.07) is 7.72. The highest BCUT2D eigenvalue weighted by molar-refractivity contribution is 7.99. The van der Waals surface area contributed by atoms with Gasteiger partial charge in [0.1, 0.15) is 5.75 Å². The van der Waals surface area contributed by atoms with Crippen LogP contribution in [0.5, 0.6) is 5.75 Å². The molecule has 6 nitrogen and oxygen atoms in total. The molecule has 1 aliphatic heterocycles. The molecule has 1 saturated heterocycles. The average molecular weight is 401 g/mol. The molecular formula is C21H28N4O2S. The van der Waals surface area contributed by atoms with Crippen LogP contribution in [-0.4, -0.2) is 51.5 Å². The van der Waals surface area contributed by atoms with E-state index in [1.165, 1.54) is 18.2 Å². The van der Waals surface area contributed by atoms with Gasteiger partial charge in [0, 0.05) is 19.6 Å². The van der Waals surface area contributed by atoms with Gasteiger partial charge in [-0.25, -0.2) is 0 Å². The van der Waals surface area contributed by atoms with Crippen LogP contribution >= 0.6 is 11.8 Å². The molecule has 1 amide bonds. The number of piperidine rings is 1. The van der Waals surface area contributed by atoms with E-state index < -0.39 is 0 Å². The van der Waals surface area contributed by atoms with Gasteiger partial charge in [0.05, 0.1) is 18.4 Å². The zero-order valence-corrected chi connectivity index (χ0v) is 17.6. The molecule has 2 aromatic rings. The fourth-order valence-electron chi connectivity index (χ4n) is 3.80. The Kier molecular flexibility index (Phi) is 6.78. The fourth-order valence-corrected chi connectivity index (χ4v) is 4.65. The molecule has 28 heavy (non-hydrogen) atoms. The average Bonchev–Trinajstić information content (AvgIpc) is 3.08. The Morgan fingerprint density at radius 2 is 2.00 bits per heavy atom. The Bertz CT molecular complexity index is 826. The van der Waals surface area contributed by atoms with Gasteiger partial charge < -0.3 is 9.64 Å². The summed E-state index contributed by atoms with van der Waals surface area (Å²) in [6.45, 7) is 10.5. The third-order valence-corrected chi connectivity index (χ3v) is 5.87. The summed E-state index contributed by atoms with van der Waals surface area (Å²) in [7, 11) is 1.64. The first-order chi connectivity index (χ1) is 13.5. The summed E-state index contributed by atoms with van der Waals surface area (Å²) in [5.74, 6) is 3.09. The highest BCUT2D eigenvalue weighted by atomic mass is 32.2. The Hall–Kier alpha value is -2.28. The minimum absolute atomic E-state index is 0.162. The van der Waals surface area contributed by atoms with Gasteiger partial charge in [-0.05, 0) is 30.4 Å². The number of hydrogen-bond acceptors (Lipinski definition) is 5. The van der Waals surface area contributed by atoms with Crippen molar-refractivity contribution >= 4 is 17.7 Å². The molecule has 0 spiro atoms. The van der Waals surface area contributed by atoms with E-state index in [-0.39, 0.29) is 5.91 Å². The van der Waals surface area contributed by atoms with E-state index in [0.717, 1.165) is 24.4 Å². The predicted molar refractivity (Wildman–Crippen MR) is 112 cm³/mol. The van der Waals surface area contributed by atoms with Gasteiger partial charge in [-0.2, -0.15) is 0 Å². The standard InChI is InChI=1S/C21H28N4O2S/c1-5-10-25-20(17-8-6-7-9-18(17)27-4)22-23-21(25)28-14-19(26)24-12-15(2)11-16(3)13-24/h5-9,15-16H,1,10-14H2,2-4H3. The van der Waals surface area contributed by atoms with E-state index in [2.05, 4.69) is 30.6 Å². The van der Waals surface area contributed by atoms with Crippen LogP contribution in [0.25, 0.3) is 11.4 Å². The number of aromatic nitrogens is 3. The maximum absolute atomic E-state index is 12.7. The Labute approximate surface area is 171 Å². The maximum atomic E-state index is 12.7. The molecule has 2 heterocycles. The van der Waals surface area contributed by atoms with Gasteiger partial charge in [-0.3, -0.25) is 9.36 Å². The lowest BCUT2D eigenvalue weighted by atomic mass is 9.92. The number of hydrogen-bond donors (Lipinski definition) is 0. The van der Waals surface area contributed by atoms with Crippen molar-refractivity contribution < 1.29 is 9.53 Å². The van der Waals surface area contributed by atoms with Gasteiger partial charge in [-0.15, -0.1) is 16.8 Å². The zero-order valence-electron chi connectivity index (χ0n) is 16.8. The second-order valence-electron chi connectivity index (χ2n) is 7.44. The summed E-state index contributed by atoms with van der Waals surface area (Å²) in [5.41, 5.74) is 0.871. The number of nitrogens with zero attached hydrogens (tertiary/aromatic N) is 4. The minimum atomic E-state index is 0.162. The molecule has 0 radical (unpaired) electrons. The molecule has 2 atom stereocenters.